The third-order valence-corrected chi connectivity index (χ3v) is 3.18. The minimum Gasteiger partial charge on any atom is -0.375 e. The monoisotopic (exact) mass is 282 g/mol. The van der Waals surface area contributed by atoms with Crippen molar-refractivity contribution < 1.29 is 9.53 Å². The zero-order valence-electron chi connectivity index (χ0n) is 9.64. The first-order valence-electron chi connectivity index (χ1n) is 5.19. The van der Waals surface area contributed by atoms with Gasteiger partial charge in [0.25, 0.3) is 5.91 Å². The van der Waals surface area contributed by atoms with E-state index < -0.39 is 0 Å². The number of halogens is 1. The van der Waals surface area contributed by atoms with Gasteiger partial charge in [-0.15, -0.1) is 11.3 Å². The predicted molar refractivity (Wildman–Crippen MR) is 73.1 cm³/mol. The van der Waals surface area contributed by atoms with Crippen molar-refractivity contribution in [3.63, 3.8) is 0 Å². The Balaban J connectivity index is 2.10. The largest absolute Gasteiger partial charge is 0.375 e. The molecule has 0 bridgehead atoms. The third kappa shape index (κ3) is 3.29. The van der Waals surface area contributed by atoms with Crippen LogP contribution < -0.4 is 5.32 Å². The molecule has 4 nitrogen and oxygen atoms in total. The maximum Gasteiger partial charge on any atom is 0.252 e. The van der Waals surface area contributed by atoms with Crippen LogP contribution in [0.5, 0.6) is 0 Å². The Bertz CT molecular complexity index is 539. The Morgan fingerprint density at radius 2 is 2.17 bits per heavy atom. The molecule has 0 fully saturated rings. The number of carbonyl (C=O) groups excluding carboxylic acids is 1. The lowest BCUT2D eigenvalue weighted by Gasteiger charge is -1.99. The van der Waals surface area contributed by atoms with Gasteiger partial charge >= 0.3 is 0 Å². The lowest BCUT2D eigenvalue weighted by molar-refractivity contribution is -0.119. The van der Waals surface area contributed by atoms with E-state index in [0.29, 0.717) is 10.2 Å². The van der Waals surface area contributed by atoms with E-state index in [0.717, 1.165) is 11.3 Å². The van der Waals surface area contributed by atoms with Gasteiger partial charge in [-0.05, 0) is 12.1 Å². The summed E-state index contributed by atoms with van der Waals surface area (Å²) in [5, 5.41) is 5.78. The van der Waals surface area contributed by atoms with Gasteiger partial charge < -0.3 is 4.74 Å². The van der Waals surface area contributed by atoms with Crippen LogP contribution in [0.2, 0.25) is 5.02 Å². The van der Waals surface area contributed by atoms with Crippen molar-refractivity contribution in [2.24, 2.45) is 0 Å². The van der Waals surface area contributed by atoms with Crippen LogP contribution in [-0.4, -0.2) is 24.6 Å². The van der Waals surface area contributed by atoms with Crippen molar-refractivity contribution in [1.29, 1.82) is 0 Å². The molecule has 94 valence electrons. The summed E-state index contributed by atoms with van der Waals surface area (Å²) in [5.74, 6) is -0.213. The summed E-state index contributed by atoms with van der Waals surface area (Å²) in [4.78, 5) is 15.6. The maximum atomic E-state index is 11.3. The predicted octanol–water partition coefficient (Wildman–Crippen LogP) is 3.05. The van der Waals surface area contributed by atoms with E-state index in [1.54, 1.807) is 12.1 Å². The highest BCUT2D eigenvalue weighted by Crippen LogP contribution is 2.25. The quantitative estimate of drug-likeness (QED) is 0.938. The highest BCUT2D eigenvalue weighted by Gasteiger charge is 2.07. The average Bonchev–Trinajstić information content (AvgIpc) is 2.78. The van der Waals surface area contributed by atoms with Gasteiger partial charge in [-0.3, -0.25) is 10.1 Å². The van der Waals surface area contributed by atoms with E-state index in [2.05, 4.69) is 10.3 Å². The number of nitrogens with zero attached hydrogens (tertiary/aromatic N) is 1. The summed E-state index contributed by atoms with van der Waals surface area (Å²) in [6.45, 7) is 0.0237. The zero-order chi connectivity index (χ0) is 13.0. The van der Waals surface area contributed by atoms with Crippen molar-refractivity contribution >= 4 is 34.0 Å². The van der Waals surface area contributed by atoms with Gasteiger partial charge in [-0.1, -0.05) is 23.7 Å². The van der Waals surface area contributed by atoms with Gasteiger partial charge in [0.1, 0.15) is 6.61 Å². The van der Waals surface area contributed by atoms with E-state index >= 15 is 0 Å². The smallest absolute Gasteiger partial charge is 0.252 e. The van der Waals surface area contributed by atoms with Gasteiger partial charge in [0.15, 0.2) is 5.13 Å². The fraction of sp³-hybridized carbons (Fsp3) is 0.167. The summed E-state index contributed by atoms with van der Waals surface area (Å²) in [6, 6.07) is 7.38. The number of hydrogen-bond acceptors (Lipinski definition) is 4. The molecule has 1 aromatic heterocycles. The fourth-order valence-corrected chi connectivity index (χ4v) is 2.23. The number of benzene rings is 1. The molecule has 0 spiro atoms. The first-order valence-corrected chi connectivity index (χ1v) is 6.45. The maximum absolute atomic E-state index is 11.3. The summed E-state index contributed by atoms with van der Waals surface area (Å²) in [5.41, 5.74) is 1.77. The SMILES string of the molecule is COCC(=O)Nc1nc(-c2ccc(Cl)cc2)cs1. The topological polar surface area (TPSA) is 51.2 Å². The van der Waals surface area contributed by atoms with Crippen LogP contribution in [0.4, 0.5) is 5.13 Å². The van der Waals surface area contributed by atoms with Crippen LogP contribution in [0.3, 0.4) is 0 Å². The van der Waals surface area contributed by atoms with Crippen LogP contribution in [-0.2, 0) is 9.53 Å². The summed E-state index contributed by atoms with van der Waals surface area (Å²) < 4.78 is 4.73. The van der Waals surface area contributed by atoms with E-state index in [1.165, 1.54) is 18.4 Å². The second-order valence-electron chi connectivity index (χ2n) is 3.53. The van der Waals surface area contributed by atoms with Crippen LogP contribution in [0, 0.1) is 0 Å². The molecule has 0 saturated carbocycles. The average molecular weight is 283 g/mol. The molecule has 1 heterocycles. The summed E-state index contributed by atoms with van der Waals surface area (Å²) >= 11 is 7.19. The number of rotatable bonds is 4. The number of ether oxygens (including phenoxy) is 1. The molecule has 6 heteroatoms. The molecule has 0 radical (unpaired) electrons. The molecule has 1 aromatic carbocycles. The third-order valence-electron chi connectivity index (χ3n) is 2.17. The van der Waals surface area contributed by atoms with Gasteiger partial charge in [0.05, 0.1) is 5.69 Å². The zero-order valence-corrected chi connectivity index (χ0v) is 11.2. The number of anilines is 1. The number of aromatic nitrogens is 1. The highest BCUT2D eigenvalue weighted by molar-refractivity contribution is 7.14. The lowest BCUT2D eigenvalue weighted by Crippen LogP contribution is -2.16. The molecule has 1 N–H and O–H groups in total. The molecule has 0 aliphatic carbocycles. The van der Waals surface area contributed by atoms with Crippen molar-refractivity contribution in [3.05, 3.63) is 34.7 Å². The normalized spacial score (nSPS) is 10.3. The molecule has 0 aliphatic rings. The number of methoxy groups -OCH3 is 1. The van der Waals surface area contributed by atoms with Crippen LogP contribution in [0.1, 0.15) is 0 Å². The Kier molecular flexibility index (Phi) is 4.30. The molecule has 0 aliphatic heterocycles. The minimum atomic E-state index is -0.213. The van der Waals surface area contributed by atoms with E-state index in [9.17, 15) is 4.79 Å². The number of thiazole rings is 1. The van der Waals surface area contributed by atoms with Crippen molar-refractivity contribution in [2.45, 2.75) is 0 Å². The molecule has 0 saturated heterocycles. The van der Waals surface area contributed by atoms with Gasteiger partial charge in [0, 0.05) is 23.1 Å². The number of carbonyl (C=O) groups is 1. The summed E-state index contributed by atoms with van der Waals surface area (Å²) in [6.07, 6.45) is 0. The lowest BCUT2D eigenvalue weighted by atomic mass is 10.2. The van der Waals surface area contributed by atoms with Gasteiger partial charge in [-0.2, -0.15) is 0 Å². The second kappa shape index (κ2) is 5.95. The Morgan fingerprint density at radius 3 is 2.83 bits per heavy atom. The first kappa shape index (κ1) is 13.0. The van der Waals surface area contributed by atoms with E-state index in [-0.39, 0.29) is 12.5 Å². The molecule has 1 amide bonds. The molecule has 2 rings (SSSR count). The van der Waals surface area contributed by atoms with E-state index in [4.69, 9.17) is 16.3 Å². The molecule has 2 aromatic rings. The van der Waals surface area contributed by atoms with Crippen LogP contribution >= 0.6 is 22.9 Å². The molecule has 0 atom stereocenters. The van der Waals surface area contributed by atoms with E-state index in [1.807, 2.05) is 17.5 Å². The first-order chi connectivity index (χ1) is 8.69. The molecule has 0 unspecified atom stereocenters. The Hall–Kier alpha value is -1.43. The summed E-state index contributed by atoms with van der Waals surface area (Å²) in [7, 11) is 1.47. The highest BCUT2D eigenvalue weighted by atomic mass is 35.5. The standard InChI is InChI=1S/C12H11ClN2O2S/c1-17-6-11(16)15-12-14-10(7-18-12)8-2-4-9(13)5-3-8/h2-5,7H,6H2,1H3,(H,14,15,16). The molecular formula is C12H11ClN2O2S. The Labute approximate surface area is 114 Å². The van der Waals surface area contributed by atoms with Crippen LogP contribution in [0.25, 0.3) is 11.3 Å². The van der Waals surface area contributed by atoms with Gasteiger partial charge in [-0.25, -0.2) is 4.98 Å². The van der Waals surface area contributed by atoms with Crippen molar-refractivity contribution in [1.82, 2.24) is 4.98 Å². The van der Waals surface area contributed by atoms with Gasteiger partial charge in [0.2, 0.25) is 0 Å². The van der Waals surface area contributed by atoms with Crippen LogP contribution in [0.15, 0.2) is 29.6 Å². The fourth-order valence-electron chi connectivity index (χ4n) is 1.37. The number of amides is 1. The minimum absolute atomic E-state index is 0.0237. The molecule has 18 heavy (non-hydrogen) atoms. The van der Waals surface area contributed by atoms with Crippen molar-refractivity contribution in [3.8, 4) is 11.3 Å². The molecular weight excluding hydrogens is 272 g/mol. The number of hydrogen-bond donors (Lipinski definition) is 1. The Morgan fingerprint density at radius 1 is 1.44 bits per heavy atom. The number of nitrogens with one attached hydrogen (secondary N) is 1. The second-order valence-corrected chi connectivity index (χ2v) is 4.82. The van der Waals surface area contributed by atoms with Crippen molar-refractivity contribution in [2.75, 3.05) is 19.0 Å².